The molecule has 2 N–H and O–H groups in total. The van der Waals surface area contributed by atoms with Gasteiger partial charge in [-0.2, -0.15) is 5.10 Å². The second-order valence-electron chi connectivity index (χ2n) is 5.94. The van der Waals surface area contributed by atoms with Crippen LogP contribution in [0.3, 0.4) is 0 Å². The molecule has 0 atom stereocenters. The van der Waals surface area contributed by atoms with Crippen LogP contribution >= 0.6 is 23.2 Å². The normalized spacial score (nSPS) is 11.0. The first-order valence-electron chi connectivity index (χ1n) is 8.02. The van der Waals surface area contributed by atoms with E-state index in [-0.39, 0.29) is 6.54 Å². The van der Waals surface area contributed by atoms with Gasteiger partial charge in [-0.15, -0.1) is 0 Å². The molecule has 2 aromatic carbocycles. The molecule has 0 fully saturated rings. The lowest BCUT2D eigenvalue weighted by Crippen LogP contribution is -2.37. The number of hydrazone groups is 1. The summed E-state index contributed by atoms with van der Waals surface area (Å²) >= 11 is 11.8. The van der Waals surface area contributed by atoms with Crippen molar-refractivity contribution in [1.82, 2.24) is 10.7 Å². The topological polar surface area (TPSA) is 70.6 Å². The highest BCUT2D eigenvalue weighted by Crippen LogP contribution is 2.19. The maximum absolute atomic E-state index is 11.8. The average molecular weight is 392 g/mol. The van der Waals surface area contributed by atoms with Crippen LogP contribution < -0.4 is 10.7 Å². The van der Waals surface area contributed by atoms with E-state index in [1.165, 1.54) is 11.8 Å². The molecule has 26 heavy (non-hydrogen) atoms. The molecule has 5 nitrogen and oxygen atoms in total. The van der Waals surface area contributed by atoms with E-state index in [9.17, 15) is 9.59 Å². The van der Waals surface area contributed by atoms with Gasteiger partial charge in [0.1, 0.15) is 0 Å². The standard InChI is InChI=1S/C19H19Cl2N3O2/c1-12(2)14-5-3-13(4-6-14)10-22-18(25)19(26)24-23-11-15-7-8-16(20)9-17(15)21/h3-9,11-12H,10H2,1-2H3,(H,22,25)(H,24,26)/b23-11-. The predicted octanol–water partition coefficient (Wildman–Crippen LogP) is 3.88. The van der Waals surface area contributed by atoms with Crippen LogP contribution in [0, 0.1) is 0 Å². The van der Waals surface area contributed by atoms with Crippen LogP contribution in [0.4, 0.5) is 0 Å². The molecule has 0 heterocycles. The molecule has 0 aliphatic heterocycles. The zero-order valence-electron chi connectivity index (χ0n) is 14.4. The summed E-state index contributed by atoms with van der Waals surface area (Å²) in [6, 6.07) is 12.7. The van der Waals surface area contributed by atoms with Gasteiger partial charge in [0.05, 0.1) is 11.2 Å². The van der Waals surface area contributed by atoms with E-state index < -0.39 is 11.8 Å². The van der Waals surface area contributed by atoms with Crippen molar-refractivity contribution in [2.75, 3.05) is 0 Å². The molecule has 2 rings (SSSR count). The number of nitrogens with one attached hydrogen (secondary N) is 2. The van der Waals surface area contributed by atoms with Gasteiger partial charge in [-0.25, -0.2) is 5.43 Å². The molecule has 0 saturated carbocycles. The molecule has 136 valence electrons. The molecule has 2 amide bonds. The van der Waals surface area contributed by atoms with Crippen LogP contribution in [0.1, 0.15) is 36.5 Å². The number of hydrogen-bond donors (Lipinski definition) is 2. The quantitative estimate of drug-likeness (QED) is 0.461. The fraction of sp³-hybridized carbons (Fsp3) is 0.211. The van der Waals surface area contributed by atoms with E-state index in [0.717, 1.165) is 5.56 Å². The highest BCUT2D eigenvalue weighted by molar-refractivity contribution is 6.36. The fourth-order valence-corrected chi connectivity index (χ4v) is 2.56. The van der Waals surface area contributed by atoms with Gasteiger partial charge >= 0.3 is 11.8 Å². The van der Waals surface area contributed by atoms with Crippen molar-refractivity contribution in [3.8, 4) is 0 Å². The van der Waals surface area contributed by atoms with Crippen LogP contribution in [-0.4, -0.2) is 18.0 Å². The summed E-state index contributed by atoms with van der Waals surface area (Å²) in [5, 5.41) is 7.16. The minimum Gasteiger partial charge on any atom is -0.344 e. The molecule has 0 saturated heterocycles. The van der Waals surface area contributed by atoms with Crippen LogP contribution in [0.15, 0.2) is 47.6 Å². The molecule has 0 aliphatic rings. The van der Waals surface area contributed by atoms with Crippen molar-refractivity contribution in [3.63, 3.8) is 0 Å². The van der Waals surface area contributed by atoms with Crippen molar-refractivity contribution in [2.45, 2.75) is 26.3 Å². The third-order valence-electron chi connectivity index (χ3n) is 3.64. The first kappa shape index (κ1) is 19.9. The van der Waals surface area contributed by atoms with Crippen molar-refractivity contribution in [1.29, 1.82) is 0 Å². The van der Waals surface area contributed by atoms with Gasteiger partial charge < -0.3 is 5.32 Å². The van der Waals surface area contributed by atoms with E-state index in [1.807, 2.05) is 24.3 Å². The molecule has 0 aromatic heterocycles. The van der Waals surface area contributed by atoms with Gasteiger partial charge in [0.2, 0.25) is 0 Å². The van der Waals surface area contributed by atoms with Crippen molar-refractivity contribution in [2.24, 2.45) is 5.10 Å². The lowest BCUT2D eigenvalue weighted by atomic mass is 10.0. The Kier molecular flexibility index (Phi) is 7.18. The van der Waals surface area contributed by atoms with Crippen LogP contribution in [-0.2, 0) is 16.1 Å². The van der Waals surface area contributed by atoms with Crippen molar-refractivity contribution in [3.05, 3.63) is 69.2 Å². The molecule has 0 unspecified atom stereocenters. The zero-order valence-corrected chi connectivity index (χ0v) is 15.9. The second kappa shape index (κ2) is 9.36. The van der Waals surface area contributed by atoms with E-state index in [2.05, 4.69) is 29.7 Å². The maximum Gasteiger partial charge on any atom is 0.329 e. The highest BCUT2D eigenvalue weighted by atomic mass is 35.5. The fourth-order valence-electron chi connectivity index (χ4n) is 2.10. The molecule has 2 aromatic rings. The first-order chi connectivity index (χ1) is 12.4. The van der Waals surface area contributed by atoms with Gasteiger partial charge in [0, 0.05) is 17.1 Å². The SMILES string of the molecule is CC(C)c1ccc(CNC(=O)C(=O)N/N=C\c2ccc(Cl)cc2Cl)cc1. The molecule has 0 bridgehead atoms. The van der Waals surface area contributed by atoms with Gasteiger partial charge in [-0.3, -0.25) is 9.59 Å². The van der Waals surface area contributed by atoms with Gasteiger partial charge in [0.25, 0.3) is 0 Å². The van der Waals surface area contributed by atoms with Crippen LogP contribution in [0.2, 0.25) is 10.0 Å². The summed E-state index contributed by atoms with van der Waals surface area (Å²) in [5.41, 5.74) is 4.86. The Balaban J connectivity index is 1.83. The van der Waals surface area contributed by atoms with E-state index in [4.69, 9.17) is 23.2 Å². The lowest BCUT2D eigenvalue weighted by Gasteiger charge is -2.07. The number of hydrogen-bond acceptors (Lipinski definition) is 3. The average Bonchev–Trinajstić information content (AvgIpc) is 2.61. The zero-order chi connectivity index (χ0) is 19.1. The Bertz CT molecular complexity index is 818. The molecule has 0 aliphatic carbocycles. The summed E-state index contributed by atoms with van der Waals surface area (Å²) in [7, 11) is 0. The monoisotopic (exact) mass is 391 g/mol. The Morgan fingerprint density at radius 1 is 1.08 bits per heavy atom. The van der Waals surface area contributed by atoms with E-state index in [0.29, 0.717) is 21.5 Å². The third kappa shape index (κ3) is 5.86. The van der Waals surface area contributed by atoms with Gasteiger partial charge in [-0.1, -0.05) is 67.4 Å². The summed E-state index contributed by atoms with van der Waals surface area (Å²) in [4.78, 5) is 23.6. The lowest BCUT2D eigenvalue weighted by molar-refractivity contribution is -0.139. The largest absolute Gasteiger partial charge is 0.344 e. The maximum atomic E-state index is 11.8. The second-order valence-corrected chi connectivity index (χ2v) is 6.79. The number of amides is 2. The molecular weight excluding hydrogens is 373 g/mol. The number of carbonyl (C=O) groups excluding carboxylic acids is 2. The summed E-state index contributed by atoms with van der Waals surface area (Å²) in [6.45, 7) is 4.48. The molecule has 0 spiro atoms. The minimum absolute atomic E-state index is 0.261. The summed E-state index contributed by atoms with van der Waals surface area (Å²) in [5.74, 6) is -1.18. The molecule has 0 radical (unpaired) electrons. The van der Waals surface area contributed by atoms with Crippen LogP contribution in [0.25, 0.3) is 0 Å². The van der Waals surface area contributed by atoms with E-state index >= 15 is 0 Å². The Morgan fingerprint density at radius 3 is 2.38 bits per heavy atom. The van der Waals surface area contributed by atoms with Gasteiger partial charge in [0.15, 0.2) is 0 Å². The Morgan fingerprint density at radius 2 is 1.77 bits per heavy atom. The number of halogens is 2. The third-order valence-corrected chi connectivity index (χ3v) is 4.20. The predicted molar refractivity (Wildman–Crippen MR) is 105 cm³/mol. The highest BCUT2D eigenvalue weighted by Gasteiger charge is 2.12. The summed E-state index contributed by atoms with van der Waals surface area (Å²) < 4.78 is 0. The Labute approximate surface area is 162 Å². The number of benzene rings is 2. The summed E-state index contributed by atoms with van der Waals surface area (Å²) in [6.07, 6.45) is 1.34. The Hall–Kier alpha value is -2.37. The number of nitrogens with zero attached hydrogens (tertiary/aromatic N) is 1. The smallest absolute Gasteiger partial charge is 0.329 e. The van der Waals surface area contributed by atoms with Gasteiger partial charge in [-0.05, 0) is 29.2 Å². The van der Waals surface area contributed by atoms with Crippen molar-refractivity contribution < 1.29 is 9.59 Å². The number of rotatable bonds is 5. The van der Waals surface area contributed by atoms with Crippen molar-refractivity contribution >= 4 is 41.2 Å². The van der Waals surface area contributed by atoms with Crippen LogP contribution in [0.5, 0.6) is 0 Å². The number of carbonyl (C=O) groups is 2. The molecular formula is C19H19Cl2N3O2. The molecule has 7 heteroatoms. The first-order valence-corrected chi connectivity index (χ1v) is 8.77. The van der Waals surface area contributed by atoms with E-state index in [1.54, 1.807) is 18.2 Å². The minimum atomic E-state index is -0.856.